The molecule has 0 fully saturated rings. The summed E-state index contributed by atoms with van der Waals surface area (Å²) in [6.45, 7) is 3.63. The third kappa shape index (κ3) is 3.13. The van der Waals surface area contributed by atoms with Crippen molar-refractivity contribution in [2.45, 2.75) is 24.8 Å². The zero-order valence-corrected chi connectivity index (χ0v) is 15.8. The van der Waals surface area contributed by atoms with Gasteiger partial charge in [0.05, 0.1) is 6.04 Å². The van der Waals surface area contributed by atoms with Gasteiger partial charge in [0.15, 0.2) is 0 Å². The lowest BCUT2D eigenvalue weighted by molar-refractivity contribution is 0.0955. The minimum absolute atomic E-state index is 0.0271. The van der Waals surface area contributed by atoms with Gasteiger partial charge in [0, 0.05) is 31.2 Å². The summed E-state index contributed by atoms with van der Waals surface area (Å²) in [6.07, 6.45) is 1.41. The van der Waals surface area contributed by atoms with Gasteiger partial charge in [-0.1, -0.05) is 18.2 Å². The van der Waals surface area contributed by atoms with Gasteiger partial charge in [0.2, 0.25) is 10.0 Å². The summed E-state index contributed by atoms with van der Waals surface area (Å²) in [5.41, 5.74) is 1.88. The second-order valence-electron chi connectivity index (χ2n) is 6.18. The van der Waals surface area contributed by atoms with E-state index in [1.807, 2.05) is 31.2 Å². The van der Waals surface area contributed by atoms with E-state index in [4.69, 9.17) is 4.42 Å². The number of rotatable bonds is 5. The first-order chi connectivity index (χ1) is 12.2. The molecule has 2 heterocycles. The molecule has 0 unspecified atom stereocenters. The summed E-state index contributed by atoms with van der Waals surface area (Å²) in [7, 11) is -0.700. The van der Waals surface area contributed by atoms with E-state index in [1.54, 1.807) is 14.0 Å². The van der Waals surface area contributed by atoms with E-state index in [0.717, 1.165) is 10.9 Å². The van der Waals surface area contributed by atoms with Crippen molar-refractivity contribution < 1.29 is 17.6 Å². The summed E-state index contributed by atoms with van der Waals surface area (Å²) in [5.74, 6) is 0.215. The zero-order valence-electron chi connectivity index (χ0n) is 15.0. The molecule has 138 valence electrons. The van der Waals surface area contributed by atoms with Crippen LogP contribution in [-0.4, -0.2) is 25.9 Å². The maximum Gasteiger partial charge on any atom is 0.267 e. The average molecular weight is 375 g/mol. The number of carbonyl (C=O) groups is 1. The van der Waals surface area contributed by atoms with Crippen molar-refractivity contribution in [3.05, 3.63) is 53.5 Å². The molecule has 0 saturated carbocycles. The number of amides is 1. The van der Waals surface area contributed by atoms with Gasteiger partial charge in [-0.3, -0.25) is 4.79 Å². The lowest BCUT2D eigenvalue weighted by atomic mass is 10.1. The number of nitrogens with one attached hydrogen (secondary N) is 2. The summed E-state index contributed by atoms with van der Waals surface area (Å²) in [4.78, 5) is 11.8. The van der Waals surface area contributed by atoms with Gasteiger partial charge in [0.1, 0.15) is 21.9 Å². The Labute approximate surface area is 152 Å². The number of benzene rings is 1. The number of fused-ring (bicyclic) bond motifs is 1. The molecule has 3 aromatic rings. The molecule has 1 amide bonds. The Morgan fingerprint density at radius 3 is 2.62 bits per heavy atom. The van der Waals surface area contributed by atoms with E-state index in [0.29, 0.717) is 11.3 Å². The number of furan rings is 1. The topological polar surface area (TPSA) is 93.3 Å². The maximum atomic E-state index is 12.7. The normalized spacial score (nSPS) is 13.1. The third-order valence-corrected chi connectivity index (χ3v) is 5.86. The second kappa shape index (κ2) is 6.62. The molecule has 0 aliphatic carbocycles. The van der Waals surface area contributed by atoms with Crippen LogP contribution in [0.3, 0.4) is 0 Å². The van der Waals surface area contributed by atoms with Crippen molar-refractivity contribution in [3.63, 3.8) is 0 Å². The van der Waals surface area contributed by atoms with Crippen LogP contribution in [-0.2, 0) is 17.1 Å². The highest BCUT2D eigenvalue weighted by Gasteiger charge is 2.25. The molecule has 2 N–H and O–H groups in total. The minimum atomic E-state index is -3.82. The summed E-state index contributed by atoms with van der Waals surface area (Å²) in [6, 6.07) is 8.35. The molecule has 3 rings (SSSR count). The van der Waals surface area contributed by atoms with Crippen molar-refractivity contribution >= 4 is 26.9 Å². The highest BCUT2D eigenvalue weighted by atomic mass is 32.2. The molecule has 0 aliphatic rings. The molecular formula is C18H21N3O4S. The predicted molar refractivity (Wildman–Crippen MR) is 98.5 cm³/mol. The number of aromatic nitrogens is 1. The summed E-state index contributed by atoms with van der Waals surface area (Å²) < 4.78 is 35.4. The van der Waals surface area contributed by atoms with Crippen LogP contribution in [0.25, 0.3) is 11.0 Å². The molecule has 8 heteroatoms. The zero-order chi connectivity index (χ0) is 19.1. The molecule has 1 aromatic carbocycles. The van der Waals surface area contributed by atoms with E-state index < -0.39 is 16.1 Å². The van der Waals surface area contributed by atoms with E-state index in [1.165, 1.54) is 23.9 Å². The summed E-state index contributed by atoms with van der Waals surface area (Å²) in [5, 5.41) is 3.44. The first-order valence-corrected chi connectivity index (χ1v) is 9.61. The lowest BCUT2D eigenvalue weighted by Crippen LogP contribution is -2.26. The monoisotopic (exact) mass is 375 g/mol. The number of hydrogen-bond donors (Lipinski definition) is 2. The quantitative estimate of drug-likeness (QED) is 0.716. The Morgan fingerprint density at radius 1 is 1.27 bits per heavy atom. The van der Waals surface area contributed by atoms with Gasteiger partial charge in [0.25, 0.3) is 5.91 Å². The molecule has 0 aliphatic heterocycles. The molecule has 2 aromatic heterocycles. The molecule has 1 atom stereocenters. The fraction of sp³-hybridized carbons (Fsp3) is 0.278. The fourth-order valence-electron chi connectivity index (χ4n) is 3.00. The Hall–Kier alpha value is -2.58. The first kappa shape index (κ1) is 18.2. The SMILES string of the molecule is CNC(=O)c1cc(S(=O)(=O)N[C@H](C)c2oc3ccccc3c2C)cn1C. The van der Waals surface area contributed by atoms with Gasteiger partial charge >= 0.3 is 0 Å². The van der Waals surface area contributed by atoms with E-state index in [-0.39, 0.29) is 16.5 Å². The third-order valence-electron chi connectivity index (χ3n) is 4.36. The number of sulfonamides is 1. The minimum Gasteiger partial charge on any atom is -0.459 e. The number of aryl methyl sites for hydroxylation is 2. The number of hydrogen-bond acceptors (Lipinski definition) is 4. The molecule has 26 heavy (non-hydrogen) atoms. The molecular weight excluding hydrogens is 354 g/mol. The Morgan fingerprint density at radius 2 is 1.96 bits per heavy atom. The Balaban J connectivity index is 1.91. The van der Waals surface area contributed by atoms with Crippen molar-refractivity contribution in [3.8, 4) is 0 Å². The van der Waals surface area contributed by atoms with Gasteiger partial charge < -0.3 is 14.3 Å². The molecule has 0 bridgehead atoms. The Bertz CT molecular complexity index is 1080. The molecule has 0 spiro atoms. The van der Waals surface area contributed by atoms with E-state index in [9.17, 15) is 13.2 Å². The Kier molecular flexibility index (Phi) is 4.64. The van der Waals surface area contributed by atoms with Gasteiger partial charge in [-0.25, -0.2) is 13.1 Å². The van der Waals surface area contributed by atoms with Crippen molar-refractivity contribution in [1.82, 2.24) is 14.6 Å². The van der Waals surface area contributed by atoms with Crippen LogP contribution in [0.4, 0.5) is 0 Å². The summed E-state index contributed by atoms with van der Waals surface area (Å²) >= 11 is 0. The average Bonchev–Trinajstić information content (AvgIpc) is 3.15. The number of carbonyl (C=O) groups excluding carboxylic acids is 1. The maximum absolute atomic E-state index is 12.7. The second-order valence-corrected chi connectivity index (χ2v) is 7.90. The van der Waals surface area contributed by atoms with Crippen LogP contribution in [0.15, 0.2) is 45.8 Å². The van der Waals surface area contributed by atoms with Gasteiger partial charge in [-0.15, -0.1) is 0 Å². The highest BCUT2D eigenvalue weighted by Crippen LogP contribution is 2.30. The van der Waals surface area contributed by atoms with Crippen LogP contribution in [0.1, 0.15) is 34.8 Å². The van der Waals surface area contributed by atoms with Crippen molar-refractivity contribution in [2.75, 3.05) is 7.05 Å². The van der Waals surface area contributed by atoms with Crippen LogP contribution < -0.4 is 10.0 Å². The predicted octanol–water partition coefficient (Wildman–Crippen LogP) is 2.48. The number of para-hydroxylation sites is 1. The smallest absolute Gasteiger partial charge is 0.267 e. The molecule has 0 saturated heterocycles. The van der Waals surface area contributed by atoms with Crippen LogP contribution in [0.5, 0.6) is 0 Å². The van der Waals surface area contributed by atoms with E-state index >= 15 is 0 Å². The molecule has 7 nitrogen and oxygen atoms in total. The van der Waals surface area contributed by atoms with E-state index in [2.05, 4.69) is 10.0 Å². The lowest BCUT2D eigenvalue weighted by Gasteiger charge is -2.12. The van der Waals surface area contributed by atoms with Crippen LogP contribution in [0, 0.1) is 6.92 Å². The number of nitrogens with zero attached hydrogens (tertiary/aromatic N) is 1. The van der Waals surface area contributed by atoms with Crippen molar-refractivity contribution in [2.24, 2.45) is 7.05 Å². The standard InChI is InChI=1S/C18H21N3O4S/c1-11-14-7-5-6-8-16(14)25-17(11)12(2)20-26(23,24)13-9-15(18(22)19-3)21(4)10-13/h5-10,12,20H,1-4H3,(H,19,22)/t12-/m1/s1. The van der Waals surface area contributed by atoms with Crippen LogP contribution >= 0.6 is 0 Å². The van der Waals surface area contributed by atoms with Gasteiger partial charge in [-0.05, 0) is 26.0 Å². The first-order valence-electron chi connectivity index (χ1n) is 8.13. The van der Waals surface area contributed by atoms with Crippen LogP contribution in [0.2, 0.25) is 0 Å². The highest BCUT2D eigenvalue weighted by molar-refractivity contribution is 7.89. The fourth-order valence-corrected chi connectivity index (χ4v) is 4.27. The van der Waals surface area contributed by atoms with Crippen molar-refractivity contribution in [1.29, 1.82) is 0 Å². The molecule has 0 radical (unpaired) electrons. The largest absolute Gasteiger partial charge is 0.459 e. The van der Waals surface area contributed by atoms with Gasteiger partial charge in [-0.2, -0.15) is 0 Å².